The number of fused-ring (bicyclic) bond motifs is 1. The van der Waals surface area contributed by atoms with Gasteiger partial charge in [0.1, 0.15) is 17.6 Å². The van der Waals surface area contributed by atoms with Crippen molar-refractivity contribution in [3.63, 3.8) is 0 Å². The molecule has 2 aliphatic rings. The SMILES string of the molecule is CC[C@@H]1CN(CCC(=O)NC2CCOCC2)Cc2cc(OC)ccc2O1. The van der Waals surface area contributed by atoms with Gasteiger partial charge in [0.2, 0.25) is 5.91 Å². The van der Waals surface area contributed by atoms with Crippen LogP contribution in [0.15, 0.2) is 18.2 Å². The third kappa shape index (κ3) is 5.11. The summed E-state index contributed by atoms with van der Waals surface area (Å²) in [6.45, 7) is 5.95. The maximum Gasteiger partial charge on any atom is 0.221 e. The Morgan fingerprint density at radius 1 is 1.35 bits per heavy atom. The lowest BCUT2D eigenvalue weighted by atomic mass is 10.1. The van der Waals surface area contributed by atoms with E-state index in [2.05, 4.69) is 17.1 Å². The zero-order valence-electron chi connectivity index (χ0n) is 15.8. The van der Waals surface area contributed by atoms with E-state index < -0.39 is 0 Å². The first-order valence-electron chi connectivity index (χ1n) is 9.61. The van der Waals surface area contributed by atoms with Gasteiger partial charge in [0.15, 0.2) is 0 Å². The lowest BCUT2D eigenvalue weighted by molar-refractivity contribution is -0.122. The van der Waals surface area contributed by atoms with E-state index in [0.29, 0.717) is 6.42 Å². The van der Waals surface area contributed by atoms with Crippen molar-refractivity contribution in [1.29, 1.82) is 0 Å². The second-order valence-corrected chi connectivity index (χ2v) is 7.06. The fourth-order valence-corrected chi connectivity index (χ4v) is 3.52. The first-order chi connectivity index (χ1) is 12.7. The fourth-order valence-electron chi connectivity index (χ4n) is 3.52. The largest absolute Gasteiger partial charge is 0.497 e. The molecule has 0 radical (unpaired) electrons. The van der Waals surface area contributed by atoms with Crippen LogP contribution in [0.25, 0.3) is 0 Å². The van der Waals surface area contributed by atoms with Crippen LogP contribution in [0.1, 0.15) is 38.2 Å². The molecule has 2 aliphatic heterocycles. The molecule has 0 bridgehead atoms. The molecule has 3 rings (SSSR count). The van der Waals surface area contributed by atoms with Gasteiger partial charge in [0.25, 0.3) is 0 Å². The smallest absolute Gasteiger partial charge is 0.221 e. The molecular weight excluding hydrogens is 332 g/mol. The molecule has 1 N–H and O–H groups in total. The molecule has 1 amide bonds. The third-order valence-electron chi connectivity index (χ3n) is 5.11. The van der Waals surface area contributed by atoms with Gasteiger partial charge in [0.05, 0.1) is 7.11 Å². The maximum atomic E-state index is 12.3. The second kappa shape index (κ2) is 9.24. The normalized spacial score (nSPS) is 21.4. The molecule has 1 atom stereocenters. The molecule has 6 heteroatoms. The topological polar surface area (TPSA) is 60.0 Å². The number of nitrogens with one attached hydrogen (secondary N) is 1. The van der Waals surface area contributed by atoms with E-state index in [1.54, 1.807) is 7.11 Å². The van der Waals surface area contributed by atoms with Gasteiger partial charge in [-0.25, -0.2) is 0 Å². The third-order valence-corrected chi connectivity index (χ3v) is 5.11. The van der Waals surface area contributed by atoms with Crippen LogP contribution in [-0.2, 0) is 16.1 Å². The van der Waals surface area contributed by atoms with E-state index in [1.807, 2.05) is 18.2 Å². The van der Waals surface area contributed by atoms with Crippen LogP contribution >= 0.6 is 0 Å². The number of benzene rings is 1. The fraction of sp³-hybridized carbons (Fsp3) is 0.650. The first kappa shape index (κ1) is 19.0. The quantitative estimate of drug-likeness (QED) is 0.842. The van der Waals surface area contributed by atoms with Crippen LogP contribution in [0.3, 0.4) is 0 Å². The highest BCUT2D eigenvalue weighted by atomic mass is 16.5. The van der Waals surface area contributed by atoms with Crippen molar-refractivity contribution in [2.75, 3.05) is 33.4 Å². The summed E-state index contributed by atoms with van der Waals surface area (Å²) in [4.78, 5) is 14.6. The van der Waals surface area contributed by atoms with Crippen molar-refractivity contribution in [2.45, 2.75) is 51.3 Å². The number of ether oxygens (including phenoxy) is 3. The molecular formula is C20H30N2O4. The Balaban J connectivity index is 1.58. The molecule has 6 nitrogen and oxygen atoms in total. The maximum absolute atomic E-state index is 12.3. The van der Waals surface area contributed by atoms with E-state index in [4.69, 9.17) is 14.2 Å². The van der Waals surface area contributed by atoms with Crippen LogP contribution in [0.2, 0.25) is 0 Å². The van der Waals surface area contributed by atoms with Gasteiger partial charge in [-0.3, -0.25) is 9.69 Å². The van der Waals surface area contributed by atoms with E-state index in [1.165, 1.54) is 0 Å². The zero-order valence-corrected chi connectivity index (χ0v) is 15.8. The number of carbonyl (C=O) groups excluding carboxylic acids is 1. The summed E-state index contributed by atoms with van der Waals surface area (Å²) >= 11 is 0. The van der Waals surface area contributed by atoms with Gasteiger partial charge in [-0.05, 0) is 37.5 Å². The Hall–Kier alpha value is -1.79. The van der Waals surface area contributed by atoms with Gasteiger partial charge in [-0.2, -0.15) is 0 Å². The Bertz CT molecular complexity index is 601. The number of rotatable bonds is 6. The molecule has 0 spiro atoms. The van der Waals surface area contributed by atoms with E-state index in [-0.39, 0.29) is 18.1 Å². The van der Waals surface area contributed by atoms with Gasteiger partial charge >= 0.3 is 0 Å². The van der Waals surface area contributed by atoms with Gasteiger partial charge in [0, 0.05) is 50.9 Å². The predicted molar refractivity (Wildman–Crippen MR) is 99.6 cm³/mol. The number of hydrogen-bond donors (Lipinski definition) is 1. The van der Waals surface area contributed by atoms with Crippen LogP contribution in [0.4, 0.5) is 0 Å². The summed E-state index contributed by atoms with van der Waals surface area (Å²) in [5.74, 6) is 1.88. The number of amides is 1. The zero-order chi connectivity index (χ0) is 18.4. The summed E-state index contributed by atoms with van der Waals surface area (Å²) in [6.07, 6.45) is 3.41. The molecule has 1 aromatic carbocycles. The Morgan fingerprint density at radius 2 is 2.15 bits per heavy atom. The van der Waals surface area contributed by atoms with Crippen LogP contribution in [-0.4, -0.2) is 56.4 Å². The van der Waals surface area contributed by atoms with Crippen molar-refractivity contribution in [2.24, 2.45) is 0 Å². The summed E-state index contributed by atoms with van der Waals surface area (Å²) in [5, 5.41) is 3.14. The van der Waals surface area contributed by atoms with Crippen molar-refractivity contribution >= 4 is 5.91 Å². The highest BCUT2D eigenvalue weighted by Crippen LogP contribution is 2.29. The molecule has 2 heterocycles. The van der Waals surface area contributed by atoms with Gasteiger partial charge < -0.3 is 19.5 Å². The molecule has 1 saturated heterocycles. The Morgan fingerprint density at radius 3 is 2.88 bits per heavy atom. The summed E-state index contributed by atoms with van der Waals surface area (Å²) in [6, 6.07) is 6.21. The minimum absolute atomic E-state index is 0.126. The average molecular weight is 362 g/mol. The number of methoxy groups -OCH3 is 1. The summed E-state index contributed by atoms with van der Waals surface area (Å²) in [5.41, 5.74) is 1.12. The molecule has 144 valence electrons. The molecule has 0 saturated carbocycles. The van der Waals surface area contributed by atoms with Crippen molar-refractivity contribution in [1.82, 2.24) is 10.2 Å². The first-order valence-corrected chi connectivity index (χ1v) is 9.61. The monoisotopic (exact) mass is 362 g/mol. The average Bonchev–Trinajstić information content (AvgIpc) is 2.85. The number of carbonyl (C=O) groups is 1. The highest BCUT2D eigenvalue weighted by molar-refractivity contribution is 5.76. The lowest BCUT2D eigenvalue weighted by Gasteiger charge is -2.25. The van der Waals surface area contributed by atoms with E-state index in [0.717, 1.165) is 69.2 Å². The minimum Gasteiger partial charge on any atom is -0.497 e. The van der Waals surface area contributed by atoms with Crippen molar-refractivity contribution in [3.05, 3.63) is 23.8 Å². The van der Waals surface area contributed by atoms with Crippen molar-refractivity contribution < 1.29 is 19.0 Å². The van der Waals surface area contributed by atoms with E-state index in [9.17, 15) is 4.79 Å². The molecule has 0 aliphatic carbocycles. The Kier molecular flexibility index (Phi) is 6.74. The van der Waals surface area contributed by atoms with Gasteiger partial charge in [-0.15, -0.1) is 0 Å². The second-order valence-electron chi connectivity index (χ2n) is 7.06. The van der Waals surface area contributed by atoms with Gasteiger partial charge in [-0.1, -0.05) is 6.92 Å². The van der Waals surface area contributed by atoms with Crippen LogP contribution in [0, 0.1) is 0 Å². The van der Waals surface area contributed by atoms with Crippen LogP contribution < -0.4 is 14.8 Å². The molecule has 26 heavy (non-hydrogen) atoms. The highest BCUT2D eigenvalue weighted by Gasteiger charge is 2.23. The summed E-state index contributed by atoms with van der Waals surface area (Å²) in [7, 11) is 1.67. The Labute approximate surface area is 155 Å². The minimum atomic E-state index is 0.126. The molecule has 0 aromatic heterocycles. The summed E-state index contributed by atoms with van der Waals surface area (Å²) < 4.78 is 16.8. The van der Waals surface area contributed by atoms with Crippen molar-refractivity contribution in [3.8, 4) is 11.5 Å². The predicted octanol–water partition coefficient (Wildman–Crippen LogP) is 2.35. The number of nitrogens with zero attached hydrogens (tertiary/aromatic N) is 1. The lowest BCUT2D eigenvalue weighted by Crippen LogP contribution is -2.41. The number of hydrogen-bond acceptors (Lipinski definition) is 5. The van der Waals surface area contributed by atoms with E-state index >= 15 is 0 Å². The van der Waals surface area contributed by atoms with Crippen LogP contribution in [0.5, 0.6) is 11.5 Å². The molecule has 1 aromatic rings. The standard InChI is InChI=1S/C20H30N2O4/c1-3-17-14-22(9-6-20(23)21-16-7-10-25-11-8-16)13-15-12-18(24-2)4-5-19(15)26-17/h4-5,12,16-17H,3,6-11,13-14H2,1-2H3,(H,21,23)/t17-/m1/s1. The molecule has 1 fully saturated rings. The molecule has 0 unspecified atom stereocenters.